The molecule has 0 bridgehead atoms. The Hall–Kier alpha value is -0.890. The van der Waals surface area contributed by atoms with Crippen LogP contribution in [0, 0.1) is 11.7 Å². The van der Waals surface area contributed by atoms with Crippen molar-refractivity contribution in [3.05, 3.63) is 35.6 Å². The predicted octanol–water partition coefficient (Wildman–Crippen LogP) is 3.25. The molecule has 0 aromatic heterocycles. The lowest BCUT2D eigenvalue weighted by Crippen LogP contribution is -2.57. The van der Waals surface area contributed by atoms with Crippen LogP contribution in [-0.2, 0) is 5.41 Å². The first-order valence-electron chi connectivity index (χ1n) is 6.75. The van der Waals surface area contributed by atoms with Gasteiger partial charge in [0.15, 0.2) is 0 Å². The molecule has 1 nitrogen and oxygen atoms in total. The monoisotopic (exact) mass is 233 g/mol. The highest BCUT2D eigenvalue weighted by Gasteiger charge is 2.40. The van der Waals surface area contributed by atoms with Gasteiger partial charge in [0.2, 0.25) is 0 Å². The van der Waals surface area contributed by atoms with E-state index in [9.17, 15) is 4.39 Å². The summed E-state index contributed by atoms with van der Waals surface area (Å²) in [6.45, 7) is 2.04. The van der Waals surface area contributed by atoms with E-state index in [0.29, 0.717) is 0 Å². The molecule has 0 amide bonds. The van der Waals surface area contributed by atoms with Crippen molar-refractivity contribution in [3.8, 4) is 0 Å². The Morgan fingerprint density at radius 1 is 1.24 bits per heavy atom. The van der Waals surface area contributed by atoms with Crippen molar-refractivity contribution in [3.63, 3.8) is 0 Å². The third-order valence-electron chi connectivity index (χ3n) is 4.52. The Labute approximate surface area is 102 Å². The van der Waals surface area contributed by atoms with Gasteiger partial charge in [0.05, 0.1) is 0 Å². The lowest BCUT2D eigenvalue weighted by atomic mass is 9.69. The standard InChI is InChI=1S/C15H20FN/c16-14-7-3-6-13(8-14)15(10-17-11-15)9-12-4-1-2-5-12/h3,6-8,12,17H,1-2,4-5,9-11H2. The average Bonchev–Trinajstić information content (AvgIpc) is 2.76. The molecule has 1 saturated carbocycles. The maximum Gasteiger partial charge on any atom is 0.123 e. The first-order chi connectivity index (χ1) is 8.28. The van der Waals surface area contributed by atoms with Crippen molar-refractivity contribution in [2.24, 2.45) is 5.92 Å². The number of nitrogens with one attached hydrogen (secondary N) is 1. The fourth-order valence-corrected chi connectivity index (χ4v) is 3.48. The topological polar surface area (TPSA) is 12.0 Å². The highest BCUT2D eigenvalue weighted by Crippen LogP contribution is 2.40. The minimum atomic E-state index is -0.0970. The van der Waals surface area contributed by atoms with Gasteiger partial charge in [-0.15, -0.1) is 0 Å². The minimum Gasteiger partial charge on any atom is -0.315 e. The third kappa shape index (κ3) is 2.11. The number of rotatable bonds is 3. The molecule has 92 valence electrons. The number of hydrogen-bond acceptors (Lipinski definition) is 1. The molecule has 3 rings (SSSR count). The molecule has 1 N–H and O–H groups in total. The van der Waals surface area contributed by atoms with Crippen LogP contribution < -0.4 is 5.32 Å². The molecule has 2 fully saturated rings. The minimum absolute atomic E-state index is 0.0970. The van der Waals surface area contributed by atoms with Crippen LogP contribution in [0.2, 0.25) is 0 Å². The van der Waals surface area contributed by atoms with Gasteiger partial charge in [-0.1, -0.05) is 37.8 Å². The van der Waals surface area contributed by atoms with E-state index >= 15 is 0 Å². The second-order valence-corrected chi connectivity index (χ2v) is 5.75. The number of halogens is 1. The molecule has 1 aromatic rings. The molecule has 1 heterocycles. The molecule has 2 heteroatoms. The van der Waals surface area contributed by atoms with Crippen LogP contribution in [0.15, 0.2) is 24.3 Å². The van der Waals surface area contributed by atoms with E-state index in [1.165, 1.54) is 37.7 Å². The molecule has 2 aliphatic rings. The van der Waals surface area contributed by atoms with Gasteiger partial charge < -0.3 is 5.32 Å². The highest BCUT2D eigenvalue weighted by molar-refractivity contribution is 5.30. The quantitative estimate of drug-likeness (QED) is 0.845. The van der Waals surface area contributed by atoms with Gasteiger partial charge in [0.25, 0.3) is 0 Å². The van der Waals surface area contributed by atoms with Gasteiger partial charge in [-0.05, 0) is 30.0 Å². The maximum absolute atomic E-state index is 13.4. The normalized spacial score (nSPS) is 23.6. The summed E-state index contributed by atoms with van der Waals surface area (Å²) in [7, 11) is 0. The summed E-state index contributed by atoms with van der Waals surface area (Å²) < 4.78 is 13.4. The first-order valence-corrected chi connectivity index (χ1v) is 6.75. The van der Waals surface area contributed by atoms with Crippen molar-refractivity contribution in [1.82, 2.24) is 5.32 Å². The fourth-order valence-electron chi connectivity index (χ4n) is 3.48. The zero-order valence-electron chi connectivity index (χ0n) is 10.2. The SMILES string of the molecule is Fc1cccc(C2(CC3CCCC3)CNC2)c1. The summed E-state index contributed by atoms with van der Waals surface area (Å²) in [6, 6.07) is 7.22. The maximum atomic E-state index is 13.4. The van der Waals surface area contributed by atoms with E-state index in [0.717, 1.165) is 19.0 Å². The Bertz CT molecular complexity index is 392. The molecule has 1 aliphatic heterocycles. The zero-order chi connectivity index (χ0) is 11.7. The number of benzene rings is 1. The van der Waals surface area contributed by atoms with Crippen LogP contribution in [-0.4, -0.2) is 13.1 Å². The van der Waals surface area contributed by atoms with Crippen LogP contribution >= 0.6 is 0 Å². The van der Waals surface area contributed by atoms with Crippen molar-refractivity contribution < 1.29 is 4.39 Å². The lowest BCUT2D eigenvalue weighted by molar-refractivity contribution is 0.217. The van der Waals surface area contributed by atoms with Gasteiger partial charge >= 0.3 is 0 Å². The lowest BCUT2D eigenvalue weighted by Gasteiger charge is -2.45. The van der Waals surface area contributed by atoms with E-state index in [2.05, 4.69) is 11.4 Å². The Kier molecular flexibility index (Phi) is 2.91. The molecule has 1 saturated heterocycles. The second kappa shape index (κ2) is 4.41. The van der Waals surface area contributed by atoms with Crippen LogP contribution in [0.1, 0.15) is 37.7 Å². The van der Waals surface area contributed by atoms with Crippen molar-refractivity contribution in [2.75, 3.05) is 13.1 Å². The van der Waals surface area contributed by atoms with Crippen molar-refractivity contribution in [1.29, 1.82) is 0 Å². The summed E-state index contributed by atoms with van der Waals surface area (Å²) in [4.78, 5) is 0. The van der Waals surface area contributed by atoms with Crippen LogP contribution in [0.4, 0.5) is 4.39 Å². The Morgan fingerprint density at radius 2 is 2.00 bits per heavy atom. The summed E-state index contributed by atoms with van der Waals surface area (Å²) in [5.74, 6) is 0.764. The van der Waals surface area contributed by atoms with E-state index in [4.69, 9.17) is 0 Å². The van der Waals surface area contributed by atoms with Gasteiger partial charge in [-0.25, -0.2) is 4.39 Å². The largest absolute Gasteiger partial charge is 0.315 e. The van der Waals surface area contributed by atoms with E-state index in [-0.39, 0.29) is 11.2 Å². The Balaban J connectivity index is 1.81. The summed E-state index contributed by atoms with van der Waals surface area (Å²) in [5.41, 5.74) is 1.42. The first kappa shape index (κ1) is 11.2. The van der Waals surface area contributed by atoms with Crippen molar-refractivity contribution in [2.45, 2.75) is 37.5 Å². The molecule has 1 aliphatic carbocycles. The molecule has 0 atom stereocenters. The molecule has 17 heavy (non-hydrogen) atoms. The van der Waals surface area contributed by atoms with Crippen molar-refractivity contribution >= 4 is 0 Å². The third-order valence-corrected chi connectivity index (χ3v) is 4.52. The van der Waals surface area contributed by atoms with E-state index in [1.54, 1.807) is 12.1 Å². The summed E-state index contributed by atoms with van der Waals surface area (Å²) in [6.07, 6.45) is 6.76. The predicted molar refractivity (Wildman–Crippen MR) is 67.5 cm³/mol. The smallest absolute Gasteiger partial charge is 0.123 e. The van der Waals surface area contributed by atoms with Crippen LogP contribution in [0.3, 0.4) is 0 Å². The second-order valence-electron chi connectivity index (χ2n) is 5.75. The van der Waals surface area contributed by atoms with E-state index < -0.39 is 0 Å². The summed E-state index contributed by atoms with van der Waals surface area (Å²) >= 11 is 0. The zero-order valence-corrected chi connectivity index (χ0v) is 10.2. The Morgan fingerprint density at radius 3 is 2.59 bits per heavy atom. The summed E-state index contributed by atoms with van der Waals surface area (Å²) in [5, 5.41) is 3.37. The number of hydrogen-bond donors (Lipinski definition) is 1. The van der Waals surface area contributed by atoms with Crippen LogP contribution in [0.25, 0.3) is 0 Å². The van der Waals surface area contributed by atoms with Gasteiger partial charge in [-0.2, -0.15) is 0 Å². The van der Waals surface area contributed by atoms with E-state index in [1.807, 2.05) is 6.07 Å². The molecular formula is C15H20FN. The van der Waals surface area contributed by atoms with Gasteiger partial charge in [0.1, 0.15) is 5.82 Å². The van der Waals surface area contributed by atoms with Gasteiger partial charge in [0, 0.05) is 18.5 Å². The highest BCUT2D eigenvalue weighted by atomic mass is 19.1. The molecule has 0 spiro atoms. The average molecular weight is 233 g/mol. The molecular weight excluding hydrogens is 213 g/mol. The molecule has 0 unspecified atom stereocenters. The fraction of sp³-hybridized carbons (Fsp3) is 0.600. The van der Waals surface area contributed by atoms with Gasteiger partial charge in [-0.3, -0.25) is 0 Å². The molecule has 0 radical (unpaired) electrons. The van der Waals surface area contributed by atoms with Crippen LogP contribution in [0.5, 0.6) is 0 Å². The molecule has 1 aromatic carbocycles.